The number of hydrogen-bond acceptors (Lipinski definition) is 5. The fourth-order valence-corrected chi connectivity index (χ4v) is 1.95. The Labute approximate surface area is 118 Å². The molecule has 1 aromatic carbocycles. The number of hydrogen-bond donors (Lipinski definition) is 3. The molecule has 0 spiro atoms. The van der Waals surface area contributed by atoms with E-state index in [9.17, 15) is 9.90 Å². The zero-order chi connectivity index (χ0) is 14.4. The van der Waals surface area contributed by atoms with Crippen molar-refractivity contribution in [2.75, 3.05) is 33.4 Å². The summed E-state index contributed by atoms with van der Waals surface area (Å²) in [7, 11) is 1.60. The summed E-state index contributed by atoms with van der Waals surface area (Å²) in [6, 6.07) is 5.41. The van der Waals surface area contributed by atoms with Gasteiger partial charge in [0, 0.05) is 26.6 Å². The molecule has 6 nitrogen and oxygen atoms in total. The van der Waals surface area contributed by atoms with E-state index in [1.165, 1.54) is 0 Å². The third-order valence-corrected chi connectivity index (χ3v) is 3.10. The van der Waals surface area contributed by atoms with Crippen molar-refractivity contribution < 1.29 is 19.4 Å². The number of fused-ring (bicyclic) bond motifs is 1. The standard InChI is InChI=1S/C14H20N2O4/c1-15-14(18)4-5-16-9-11(17)10-2-3-12-13(8-10)20-7-6-19-12/h2-3,8,11,16-17H,4-7,9H2,1H3,(H,15,18). The van der Waals surface area contributed by atoms with Gasteiger partial charge in [0.15, 0.2) is 11.5 Å². The van der Waals surface area contributed by atoms with Gasteiger partial charge in [0.25, 0.3) is 0 Å². The minimum Gasteiger partial charge on any atom is -0.486 e. The quantitative estimate of drug-likeness (QED) is 0.650. The zero-order valence-corrected chi connectivity index (χ0v) is 11.5. The lowest BCUT2D eigenvalue weighted by atomic mass is 10.1. The fourth-order valence-electron chi connectivity index (χ4n) is 1.95. The third-order valence-electron chi connectivity index (χ3n) is 3.10. The van der Waals surface area contributed by atoms with Crippen LogP contribution in [0.15, 0.2) is 18.2 Å². The minimum atomic E-state index is -0.643. The van der Waals surface area contributed by atoms with Crippen LogP contribution in [0, 0.1) is 0 Å². The number of carbonyl (C=O) groups excluding carboxylic acids is 1. The molecule has 0 aromatic heterocycles. The Balaban J connectivity index is 1.83. The molecule has 3 N–H and O–H groups in total. The molecule has 0 bridgehead atoms. The molecule has 0 fully saturated rings. The van der Waals surface area contributed by atoms with E-state index in [4.69, 9.17) is 9.47 Å². The number of aliphatic hydroxyl groups excluding tert-OH is 1. The summed E-state index contributed by atoms with van der Waals surface area (Å²) in [6.45, 7) is 1.99. The normalized spacial score (nSPS) is 14.7. The van der Waals surface area contributed by atoms with Crippen LogP contribution in [0.4, 0.5) is 0 Å². The van der Waals surface area contributed by atoms with Gasteiger partial charge >= 0.3 is 0 Å². The Morgan fingerprint density at radius 3 is 2.85 bits per heavy atom. The zero-order valence-electron chi connectivity index (χ0n) is 11.5. The Kier molecular flexibility index (Phi) is 5.20. The van der Waals surface area contributed by atoms with Gasteiger partial charge in [-0.2, -0.15) is 0 Å². The fraction of sp³-hybridized carbons (Fsp3) is 0.500. The Morgan fingerprint density at radius 2 is 2.10 bits per heavy atom. The summed E-state index contributed by atoms with van der Waals surface area (Å²) in [4.78, 5) is 11.0. The highest BCUT2D eigenvalue weighted by Gasteiger charge is 2.15. The molecule has 1 unspecified atom stereocenters. The predicted octanol–water partition coefficient (Wildman–Crippen LogP) is 0.217. The van der Waals surface area contributed by atoms with E-state index >= 15 is 0 Å². The molecule has 1 amide bonds. The van der Waals surface area contributed by atoms with Gasteiger partial charge in [-0.25, -0.2) is 0 Å². The van der Waals surface area contributed by atoms with E-state index in [2.05, 4.69) is 10.6 Å². The number of nitrogens with one attached hydrogen (secondary N) is 2. The largest absolute Gasteiger partial charge is 0.486 e. The first-order chi connectivity index (χ1) is 9.70. The smallest absolute Gasteiger partial charge is 0.221 e. The number of rotatable bonds is 6. The first-order valence-corrected chi connectivity index (χ1v) is 6.69. The molecule has 1 heterocycles. The molecule has 1 atom stereocenters. The van der Waals surface area contributed by atoms with Gasteiger partial charge in [0.2, 0.25) is 5.91 Å². The molecule has 2 rings (SSSR count). The van der Waals surface area contributed by atoms with Crippen molar-refractivity contribution in [2.45, 2.75) is 12.5 Å². The molecule has 0 saturated heterocycles. The topological polar surface area (TPSA) is 79.8 Å². The Morgan fingerprint density at radius 1 is 1.35 bits per heavy atom. The summed E-state index contributed by atoms with van der Waals surface area (Å²) in [6.07, 6.45) is -0.250. The molecule has 0 radical (unpaired) electrons. The van der Waals surface area contributed by atoms with Crippen molar-refractivity contribution in [3.63, 3.8) is 0 Å². The van der Waals surface area contributed by atoms with Gasteiger partial charge in [-0.1, -0.05) is 6.07 Å². The number of amides is 1. The van der Waals surface area contributed by atoms with Crippen LogP contribution < -0.4 is 20.1 Å². The second kappa shape index (κ2) is 7.12. The van der Waals surface area contributed by atoms with Gasteiger partial charge in [-0.15, -0.1) is 0 Å². The molecular formula is C14H20N2O4. The lowest BCUT2D eigenvalue weighted by Gasteiger charge is -2.20. The maximum absolute atomic E-state index is 11.0. The Bertz CT molecular complexity index is 464. The summed E-state index contributed by atoms with van der Waals surface area (Å²) in [5.74, 6) is 1.35. The van der Waals surface area contributed by atoms with E-state index in [1.807, 2.05) is 6.07 Å². The second-order valence-corrected chi connectivity index (χ2v) is 4.55. The first-order valence-electron chi connectivity index (χ1n) is 6.69. The second-order valence-electron chi connectivity index (χ2n) is 4.55. The van der Waals surface area contributed by atoms with Crippen molar-refractivity contribution in [3.05, 3.63) is 23.8 Å². The van der Waals surface area contributed by atoms with Crippen molar-refractivity contribution in [1.82, 2.24) is 10.6 Å². The van der Waals surface area contributed by atoms with Gasteiger partial charge in [0.05, 0.1) is 6.10 Å². The summed E-state index contributed by atoms with van der Waals surface area (Å²) < 4.78 is 10.9. The van der Waals surface area contributed by atoms with Crippen LogP contribution >= 0.6 is 0 Å². The average Bonchev–Trinajstić information content (AvgIpc) is 2.50. The number of benzene rings is 1. The summed E-state index contributed by atoms with van der Waals surface area (Å²) in [5, 5.41) is 15.7. The van der Waals surface area contributed by atoms with Crippen molar-refractivity contribution in [3.8, 4) is 11.5 Å². The predicted molar refractivity (Wildman–Crippen MR) is 73.9 cm³/mol. The molecule has 1 aliphatic rings. The number of carbonyl (C=O) groups is 1. The highest BCUT2D eigenvalue weighted by Crippen LogP contribution is 2.32. The first kappa shape index (κ1) is 14.6. The monoisotopic (exact) mass is 280 g/mol. The lowest BCUT2D eigenvalue weighted by Crippen LogP contribution is -2.27. The van der Waals surface area contributed by atoms with Gasteiger partial charge in [0.1, 0.15) is 13.2 Å². The summed E-state index contributed by atoms with van der Waals surface area (Å²) >= 11 is 0. The third kappa shape index (κ3) is 3.85. The minimum absolute atomic E-state index is 0.0219. The SMILES string of the molecule is CNC(=O)CCNCC(O)c1ccc2c(c1)OCCO2. The maximum Gasteiger partial charge on any atom is 0.221 e. The Hall–Kier alpha value is -1.79. The number of aliphatic hydroxyl groups is 1. The average molecular weight is 280 g/mol. The van der Waals surface area contributed by atoms with Gasteiger partial charge in [-0.05, 0) is 17.7 Å². The molecular weight excluding hydrogens is 260 g/mol. The summed E-state index contributed by atoms with van der Waals surface area (Å²) in [5.41, 5.74) is 0.765. The lowest BCUT2D eigenvalue weighted by molar-refractivity contribution is -0.120. The van der Waals surface area contributed by atoms with E-state index < -0.39 is 6.10 Å². The van der Waals surface area contributed by atoms with E-state index in [-0.39, 0.29) is 5.91 Å². The van der Waals surface area contributed by atoms with Gasteiger partial charge < -0.3 is 25.2 Å². The van der Waals surface area contributed by atoms with Crippen LogP contribution in [0.1, 0.15) is 18.1 Å². The number of ether oxygens (including phenoxy) is 2. The van der Waals surface area contributed by atoms with Crippen molar-refractivity contribution in [1.29, 1.82) is 0 Å². The van der Waals surface area contributed by atoms with E-state index in [0.29, 0.717) is 44.2 Å². The molecule has 0 saturated carbocycles. The van der Waals surface area contributed by atoms with E-state index in [0.717, 1.165) is 5.56 Å². The van der Waals surface area contributed by atoms with Crippen LogP contribution in [0.5, 0.6) is 11.5 Å². The maximum atomic E-state index is 11.0. The molecule has 110 valence electrons. The molecule has 20 heavy (non-hydrogen) atoms. The highest BCUT2D eigenvalue weighted by molar-refractivity contribution is 5.75. The van der Waals surface area contributed by atoms with Crippen LogP contribution in [-0.2, 0) is 4.79 Å². The van der Waals surface area contributed by atoms with Crippen molar-refractivity contribution >= 4 is 5.91 Å². The molecule has 1 aliphatic heterocycles. The van der Waals surface area contributed by atoms with Crippen LogP contribution in [-0.4, -0.2) is 44.4 Å². The van der Waals surface area contributed by atoms with Crippen molar-refractivity contribution in [2.24, 2.45) is 0 Å². The molecule has 1 aromatic rings. The van der Waals surface area contributed by atoms with E-state index in [1.54, 1.807) is 19.2 Å². The van der Waals surface area contributed by atoms with Crippen LogP contribution in [0.2, 0.25) is 0 Å². The van der Waals surface area contributed by atoms with Crippen LogP contribution in [0.25, 0.3) is 0 Å². The van der Waals surface area contributed by atoms with Crippen LogP contribution in [0.3, 0.4) is 0 Å². The molecule has 6 heteroatoms. The van der Waals surface area contributed by atoms with Gasteiger partial charge in [-0.3, -0.25) is 4.79 Å². The highest BCUT2D eigenvalue weighted by atomic mass is 16.6. The molecule has 0 aliphatic carbocycles.